The minimum atomic E-state index is 0.456. The number of hydrogen-bond donors (Lipinski definition) is 1. The molecule has 1 heterocycles. The van der Waals surface area contributed by atoms with Gasteiger partial charge in [-0.2, -0.15) is 0 Å². The molecule has 2 aliphatic rings. The molecule has 0 unspecified atom stereocenters. The Balaban J connectivity index is 2.06. The largest absolute Gasteiger partial charge is 0.383 e. The van der Waals surface area contributed by atoms with Gasteiger partial charge in [0.25, 0.3) is 0 Å². The van der Waals surface area contributed by atoms with Crippen molar-refractivity contribution in [3.05, 3.63) is 28.2 Å². The molecule has 1 nitrogen and oxygen atoms in total. The van der Waals surface area contributed by atoms with Crippen LogP contribution >= 0.6 is 15.9 Å². The Morgan fingerprint density at radius 1 is 1.13 bits per heavy atom. The maximum atomic E-state index is 3.63. The first-order valence-corrected chi connectivity index (χ1v) is 6.64. The molecule has 0 saturated heterocycles. The van der Waals surface area contributed by atoms with Crippen LogP contribution in [0.4, 0.5) is 5.69 Å². The predicted molar refractivity (Wildman–Crippen MR) is 67.4 cm³/mol. The molecule has 1 saturated carbocycles. The minimum Gasteiger partial charge on any atom is -0.383 e. The number of para-hydroxylation sites is 1. The van der Waals surface area contributed by atoms with E-state index in [9.17, 15) is 0 Å². The molecule has 2 heteroatoms. The molecule has 1 aliphatic carbocycles. The number of benzene rings is 1. The minimum absolute atomic E-state index is 0.456. The Hall–Kier alpha value is -0.500. The quantitative estimate of drug-likeness (QED) is 0.746. The lowest BCUT2D eigenvalue weighted by Crippen LogP contribution is -2.30. The fraction of sp³-hybridized carbons (Fsp3) is 0.538. The van der Waals surface area contributed by atoms with Crippen LogP contribution in [0, 0.1) is 0 Å². The van der Waals surface area contributed by atoms with Gasteiger partial charge in [-0.15, -0.1) is 0 Å². The molecule has 1 aromatic carbocycles. The number of anilines is 1. The van der Waals surface area contributed by atoms with Crippen molar-refractivity contribution in [1.29, 1.82) is 0 Å². The Morgan fingerprint density at radius 3 is 2.73 bits per heavy atom. The van der Waals surface area contributed by atoms with E-state index in [1.165, 1.54) is 42.3 Å². The summed E-state index contributed by atoms with van der Waals surface area (Å²) in [6, 6.07) is 6.62. The average Bonchev–Trinajstić information content (AvgIpc) is 2.61. The first-order valence-electron chi connectivity index (χ1n) is 5.85. The van der Waals surface area contributed by atoms with Crippen LogP contribution in [0.5, 0.6) is 0 Å². The average molecular weight is 266 g/mol. The SMILES string of the molecule is Brc1cccc2c1NCC21CCCCC1. The molecule has 0 bridgehead atoms. The van der Waals surface area contributed by atoms with Crippen molar-refractivity contribution in [3.8, 4) is 0 Å². The van der Waals surface area contributed by atoms with Gasteiger partial charge < -0.3 is 5.32 Å². The second-order valence-corrected chi connectivity index (χ2v) is 5.71. The van der Waals surface area contributed by atoms with Gasteiger partial charge in [-0.1, -0.05) is 31.4 Å². The molecule has 1 fully saturated rings. The summed E-state index contributed by atoms with van der Waals surface area (Å²) in [6.45, 7) is 1.14. The van der Waals surface area contributed by atoms with Gasteiger partial charge in [0.05, 0.1) is 5.69 Å². The zero-order chi connectivity index (χ0) is 10.3. The summed E-state index contributed by atoms with van der Waals surface area (Å²) in [5, 5.41) is 3.58. The Kier molecular flexibility index (Phi) is 2.27. The molecule has 0 amide bonds. The standard InChI is InChI=1S/C13H16BrN/c14-11-6-4-5-10-12(11)15-9-13(10)7-2-1-3-8-13/h4-6,15H,1-3,7-9H2. The van der Waals surface area contributed by atoms with E-state index in [1.807, 2.05) is 0 Å². The van der Waals surface area contributed by atoms with Crippen LogP contribution in [-0.4, -0.2) is 6.54 Å². The molecule has 1 aromatic rings. The third-order valence-electron chi connectivity index (χ3n) is 4.00. The Bertz CT molecular complexity index is 380. The summed E-state index contributed by atoms with van der Waals surface area (Å²) in [6.07, 6.45) is 6.94. The van der Waals surface area contributed by atoms with Gasteiger partial charge in [0, 0.05) is 16.4 Å². The first-order chi connectivity index (χ1) is 7.32. The highest BCUT2D eigenvalue weighted by Crippen LogP contribution is 2.48. The fourth-order valence-corrected chi connectivity index (χ4v) is 3.68. The van der Waals surface area contributed by atoms with Crippen molar-refractivity contribution in [2.75, 3.05) is 11.9 Å². The molecule has 1 N–H and O–H groups in total. The number of rotatable bonds is 0. The summed E-state index contributed by atoms with van der Waals surface area (Å²) in [7, 11) is 0. The van der Waals surface area contributed by atoms with E-state index < -0.39 is 0 Å². The molecule has 1 aliphatic heterocycles. The molecule has 0 aromatic heterocycles. The summed E-state index contributed by atoms with van der Waals surface area (Å²) >= 11 is 3.63. The highest BCUT2D eigenvalue weighted by molar-refractivity contribution is 9.10. The molecule has 0 atom stereocenters. The smallest absolute Gasteiger partial charge is 0.0523 e. The van der Waals surface area contributed by atoms with Gasteiger partial charge in [-0.25, -0.2) is 0 Å². The fourth-order valence-electron chi connectivity index (χ4n) is 3.17. The van der Waals surface area contributed by atoms with Gasteiger partial charge >= 0.3 is 0 Å². The van der Waals surface area contributed by atoms with Crippen LogP contribution in [-0.2, 0) is 5.41 Å². The zero-order valence-electron chi connectivity index (χ0n) is 8.85. The summed E-state index contributed by atoms with van der Waals surface area (Å²) in [5.41, 5.74) is 3.35. The lowest BCUT2D eigenvalue weighted by atomic mass is 9.71. The summed E-state index contributed by atoms with van der Waals surface area (Å²) in [5.74, 6) is 0. The van der Waals surface area contributed by atoms with Crippen molar-refractivity contribution < 1.29 is 0 Å². The summed E-state index contributed by atoms with van der Waals surface area (Å²) in [4.78, 5) is 0. The Labute approximate surface area is 99.4 Å². The molecule has 3 rings (SSSR count). The third kappa shape index (κ3) is 1.42. The normalized spacial score (nSPS) is 22.5. The topological polar surface area (TPSA) is 12.0 Å². The maximum Gasteiger partial charge on any atom is 0.0523 e. The van der Waals surface area contributed by atoms with Crippen molar-refractivity contribution in [3.63, 3.8) is 0 Å². The second kappa shape index (κ2) is 3.51. The van der Waals surface area contributed by atoms with Gasteiger partial charge in [0.15, 0.2) is 0 Å². The van der Waals surface area contributed by atoms with Crippen LogP contribution in [0.1, 0.15) is 37.7 Å². The zero-order valence-corrected chi connectivity index (χ0v) is 10.4. The molecule has 0 radical (unpaired) electrons. The predicted octanol–water partition coefficient (Wildman–Crippen LogP) is 4.08. The van der Waals surface area contributed by atoms with Gasteiger partial charge in [-0.3, -0.25) is 0 Å². The third-order valence-corrected chi connectivity index (χ3v) is 4.66. The molecular formula is C13H16BrN. The number of nitrogens with one attached hydrogen (secondary N) is 1. The van der Waals surface area contributed by atoms with Crippen LogP contribution in [0.15, 0.2) is 22.7 Å². The lowest BCUT2D eigenvalue weighted by Gasteiger charge is -2.33. The summed E-state index contributed by atoms with van der Waals surface area (Å²) < 4.78 is 1.22. The van der Waals surface area contributed by atoms with E-state index in [2.05, 4.69) is 39.4 Å². The Morgan fingerprint density at radius 2 is 1.93 bits per heavy atom. The van der Waals surface area contributed by atoms with Crippen LogP contribution < -0.4 is 5.32 Å². The lowest BCUT2D eigenvalue weighted by molar-refractivity contribution is 0.319. The number of fused-ring (bicyclic) bond motifs is 2. The van der Waals surface area contributed by atoms with Crippen LogP contribution in [0.3, 0.4) is 0 Å². The van der Waals surface area contributed by atoms with Gasteiger partial charge in [0.1, 0.15) is 0 Å². The van der Waals surface area contributed by atoms with E-state index in [1.54, 1.807) is 5.56 Å². The van der Waals surface area contributed by atoms with E-state index in [0.29, 0.717) is 5.41 Å². The number of halogens is 1. The van der Waals surface area contributed by atoms with Crippen molar-refractivity contribution >= 4 is 21.6 Å². The van der Waals surface area contributed by atoms with Crippen molar-refractivity contribution in [2.24, 2.45) is 0 Å². The highest BCUT2D eigenvalue weighted by atomic mass is 79.9. The van der Waals surface area contributed by atoms with Crippen LogP contribution in [0.25, 0.3) is 0 Å². The second-order valence-electron chi connectivity index (χ2n) is 4.86. The van der Waals surface area contributed by atoms with Gasteiger partial charge in [-0.05, 0) is 40.4 Å². The monoisotopic (exact) mass is 265 g/mol. The molecule has 15 heavy (non-hydrogen) atoms. The van der Waals surface area contributed by atoms with E-state index >= 15 is 0 Å². The van der Waals surface area contributed by atoms with Crippen molar-refractivity contribution in [1.82, 2.24) is 0 Å². The molecular weight excluding hydrogens is 250 g/mol. The number of hydrogen-bond acceptors (Lipinski definition) is 1. The van der Waals surface area contributed by atoms with Gasteiger partial charge in [0.2, 0.25) is 0 Å². The van der Waals surface area contributed by atoms with E-state index in [0.717, 1.165) is 6.54 Å². The molecule has 1 spiro atoms. The van der Waals surface area contributed by atoms with E-state index in [-0.39, 0.29) is 0 Å². The van der Waals surface area contributed by atoms with Crippen LogP contribution in [0.2, 0.25) is 0 Å². The van der Waals surface area contributed by atoms with E-state index in [4.69, 9.17) is 0 Å². The highest BCUT2D eigenvalue weighted by Gasteiger charge is 2.39. The van der Waals surface area contributed by atoms with Crippen molar-refractivity contribution in [2.45, 2.75) is 37.5 Å². The first kappa shape index (κ1) is 9.71. The maximum absolute atomic E-state index is 3.63. The molecule has 80 valence electrons.